The van der Waals surface area contributed by atoms with Crippen molar-refractivity contribution < 1.29 is 14.6 Å². The molecule has 0 bridgehead atoms. The second-order valence-electron chi connectivity index (χ2n) is 9.89. The largest absolute Gasteiger partial charge is 0.391 e. The first-order valence-electron chi connectivity index (χ1n) is 12.3. The zero-order valence-corrected chi connectivity index (χ0v) is 20.4. The summed E-state index contributed by atoms with van der Waals surface area (Å²) in [6.45, 7) is 7.64. The molecule has 10 nitrogen and oxygen atoms in total. The number of aliphatic hydroxyl groups excluding tert-OH is 1. The molecule has 4 atom stereocenters. The highest BCUT2D eigenvalue weighted by Crippen LogP contribution is 2.33. The van der Waals surface area contributed by atoms with Crippen LogP contribution in [0.3, 0.4) is 0 Å². The van der Waals surface area contributed by atoms with Crippen LogP contribution in [-0.2, 0) is 0 Å². The van der Waals surface area contributed by atoms with E-state index in [9.17, 15) is 14.6 Å². The highest BCUT2D eigenvalue weighted by molar-refractivity contribution is 5.92. The number of hydrogen-bond acceptors (Lipinski definition) is 9. The maximum absolute atomic E-state index is 14.4. The minimum atomic E-state index is -1.37. The maximum atomic E-state index is 14.4. The molecule has 3 aromatic heterocycles. The fraction of sp³-hybridized carbons (Fsp3) is 0.583. The van der Waals surface area contributed by atoms with Crippen LogP contribution in [0.15, 0.2) is 24.5 Å². The number of nitrogens with zero attached hydrogens (tertiary/aromatic N) is 7. The van der Waals surface area contributed by atoms with Gasteiger partial charge in [0.15, 0.2) is 5.82 Å². The molecule has 2 aliphatic rings. The fourth-order valence-electron chi connectivity index (χ4n) is 4.64. The van der Waals surface area contributed by atoms with Crippen molar-refractivity contribution >= 4 is 34.3 Å². The molecule has 0 amide bonds. The molecule has 188 valence electrons. The van der Waals surface area contributed by atoms with Crippen molar-refractivity contribution in [3.05, 3.63) is 24.5 Å². The van der Waals surface area contributed by atoms with Gasteiger partial charge >= 0.3 is 0 Å². The highest BCUT2D eigenvalue weighted by atomic mass is 19.1. The molecule has 11 heteroatoms. The van der Waals surface area contributed by atoms with Crippen molar-refractivity contribution in [1.29, 1.82) is 0 Å². The number of hydrogen-bond donors (Lipinski definition) is 3. The minimum Gasteiger partial charge on any atom is -0.391 e. The van der Waals surface area contributed by atoms with Gasteiger partial charge in [0.1, 0.15) is 17.8 Å². The highest BCUT2D eigenvalue weighted by Gasteiger charge is 2.38. The fourth-order valence-corrected chi connectivity index (χ4v) is 4.64. The van der Waals surface area contributed by atoms with E-state index in [-0.39, 0.29) is 18.7 Å². The summed E-state index contributed by atoms with van der Waals surface area (Å²) in [5.74, 6) is 2.42. The Hall–Kier alpha value is -3.05. The number of nitrogens with one attached hydrogen (secondary N) is 1. The molecule has 0 unspecified atom stereocenters. The Labute approximate surface area is 203 Å². The molecular formula is C24H33FN8O2. The Morgan fingerprint density at radius 2 is 2.06 bits per heavy atom. The molecule has 3 aromatic rings. The van der Waals surface area contributed by atoms with Gasteiger partial charge in [0.25, 0.3) is 0 Å². The SMILES string of the molecule is CC[C@H](C)n1nc(N2CC[C@H](O)C2)c2cnc(Nc3ccnc(N4CC[C@](C)(O)[C@H](F)C4)n3)cc21. The summed E-state index contributed by atoms with van der Waals surface area (Å²) in [5, 5.41) is 29.2. The number of aromatic nitrogens is 5. The summed E-state index contributed by atoms with van der Waals surface area (Å²) in [4.78, 5) is 17.3. The molecule has 0 spiro atoms. The van der Waals surface area contributed by atoms with Gasteiger partial charge in [0.2, 0.25) is 5.95 Å². The van der Waals surface area contributed by atoms with Gasteiger partial charge in [0.05, 0.1) is 29.2 Å². The lowest BCUT2D eigenvalue weighted by atomic mass is 9.92. The van der Waals surface area contributed by atoms with Gasteiger partial charge in [-0.3, -0.25) is 4.68 Å². The number of fused-ring (bicyclic) bond motifs is 1. The average molecular weight is 485 g/mol. The predicted molar refractivity (Wildman–Crippen MR) is 133 cm³/mol. The van der Waals surface area contributed by atoms with E-state index in [1.165, 1.54) is 6.92 Å². The Morgan fingerprint density at radius 3 is 2.77 bits per heavy atom. The Morgan fingerprint density at radius 1 is 1.23 bits per heavy atom. The molecule has 2 aliphatic heterocycles. The normalized spacial score (nSPS) is 25.9. The van der Waals surface area contributed by atoms with Crippen LogP contribution >= 0.6 is 0 Å². The van der Waals surface area contributed by atoms with Crippen molar-refractivity contribution in [2.45, 2.75) is 64.0 Å². The van der Waals surface area contributed by atoms with E-state index >= 15 is 0 Å². The van der Waals surface area contributed by atoms with Crippen molar-refractivity contribution in [2.75, 3.05) is 41.3 Å². The molecular weight excluding hydrogens is 451 g/mol. The summed E-state index contributed by atoms with van der Waals surface area (Å²) >= 11 is 0. The van der Waals surface area contributed by atoms with Crippen LogP contribution in [0, 0.1) is 0 Å². The van der Waals surface area contributed by atoms with Gasteiger partial charge in [-0.25, -0.2) is 14.4 Å². The zero-order valence-electron chi connectivity index (χ0n) is 20.4. The number of anilines is 4. The van der Waals surface area contributed by atoms with Crippen LogP contribution in [0.25, 0.3) is 10.9 Å². The van der Waals surface area contributed by atoms with E-state index < -0.39 is 11.8 Å². The smallest absolute Gasteiger partial charge is 0.227 e. The summed E-state index contributed by atoms with van der Waals surface area (Å²) in [6, 6.07) is 3.90. The molecule has 2 saturated heterocycles. The standard InChI is InChI=1S/C24H33FN8O2/c1-4-15(2)33-18-11-21(27-12-17(18)22(30-33)31-9-6-16(34)13-31)28-20-5-8-26-23(29-20)32-10-7-24(3,35)19(25)14-32/h5,8,11-12,15-16,19,34-35H,4,6-7,9-10,13-14H2,1-3H3,(H,26,27,28,29)/t15-,16-,19+,24-/m0/s1. The Bertz CT molecular complexity index is 1200. The third kappa shape index (κ3) is 4.62. The van der Waals surface area contributed by atoms with Crippen LogP contribution in [0.4, 0.5) is 27.8 Å². The molecule has 5 rings (SSSR count). The number of alkyl halides is 1. The van der Waals surface area contributed by atoms with Gasteiger partial charge in [-0.1, -0.05) is 6.92 Å². The molecule has 5 heterocycles. The first-order valence-corrected chi connectivity index (χ1v) is 12.3. The van der Waals surface area contributed by atoms with Crippen molar-refractivity contribution in [1.82, 2.24) is 24.7 Å². The van der Waals surface area contributed by atoms with Gasteiger partial charge in [0, 0.05) is 44.1 Å². The molecule has 3 N–H and O–H groups in total. The summed E-state index contributed by atoms with van der Waals surface area (Å²) in [7, 11) is 0. The first kappa shape index (κ1) is 23.7. The lowest BCUT2D eigenvalue weighted by Gasteiger charge is -2.38. The Kier molecular flexibility index (Phi) is 6.22. The molecule has 0 radical (unpaired) electrons. The van der Waals surface area contributed by atoms with E-state index in [0.29, 0.717) is 37.1 Å². The molecule has 2 fully saturated rings. The number of aliphatic hydroxyl groups is 2. The average Bonchev–Trinajstić information content (AvgIpc) is 3.44. The third-order valence-corrected chi connectivity index (χ3v) is 7.17. The summed E-state index contributed by atoms with van der Waals surface area (Å²) in [5.41, 5.74) is -0.364. The van der Waals surface area contributed by atoms with Gasteiger partial charge in [-0.15, -0.1) is 0 Å². The minimum absolute atomic E-state index is 0.0444. The van der Waals surface area contributed by atoms with Crippen LogP contribution in [-0.4, -0.2) is 79.0 Å². The monoisotopic (exact) mass is 484 g/mol. The Balaban J connectivity index is 1.41. The van der Waals surface area contributed by atoms with E-state index in [0.717, 1.165) is 36.1 Å². The van der Waals surface area contributed by atoms with Gasteiger partial charge < -0.3 is 25.3 Å². The second-order valence-corrected chi connectivity index (χ2v) is 9.89. The number of rotatable bonds is 6. The van der Waals surface area contributed by atoms with Gasteiger partial charge in [-0.05, 0) is 39.2 Å². The van der Waals surface area contributed by atoms with Crippen LogP contribution in [0.2, 0.25) is 0 Å². The summed E-state index contributed by atoms with van der Waals surface area (Å²) in [6.07, 6.45) is 3.71. The zero-order chi connectivity index (χ0) is 24.7. The van der Waals surface area contributed by atoms with E-state index in [1.54, 1.807) is 17.2 Å². The lowest BCUT2D eigenvalue weighted by Crippen LogP contribution is -2.52. The number of β-amino-alcohol motifs (C(OH)–C–C–N with tert-alkyl or cyclic N) is 1. The molecule has 0 saturated carbocycles. The molecule has 35 heavy (non-hydrogen) atoms. The number of halogens is 1. The number of pyridine rings is 1. The topological polar surface area (TPSA) is 115 Å². The lowest BCUT2D eigenvalue weighted by molar-refractivity contribution is -0.0332. The van der Waals surface area contributed by atoms with E-state index in [2.05, 4.69) is 39.0 Å². The van der Waals surface area contributed by atoms with Crippen LogP contribution < -0.4 is 15.1 Å². The van der Waals surface area contributed by atoms with Gasteiger partial charge in [-0.2, -0.15) is 10.1 Å². The number of piperidine rings is 1. The second kappa shape index (κ2) is 9.19. The maximum Gasteiger partial charge on any atom is 0.227 e. The van der Waals surface area contributed by atoms with Crippen molar-refractivity contribution in [3.8, 4) is 0 Å². The first-order chi connectivity index (χ1) is 16.7. The summed E-state index contributed by atoms with van der Waals surface area (Å²) < 4.78 is 16.4. The third-order valence-electron chi connectivity index (χ3n) is 7.17. The van der Waals surface area contributed by atoms with Crippen molar-refractivity contribution in [2.24, 2.45) is 0 Å². The van der Waals surface area contributed by atoms with E-state index in [4.69, 9.17) is 5.10 Å². The quantitative estimate of drug-likeness (QED) is 0.486. The molecule has 0 aromatic carbocycles. The molecule has 0 aliphatic carbocycles. The van der Waals surface area contributed by atoms with Crippen LogP contribution in [0.1, 0.15) is 46.1 Å². The van der Waals surface area contributed by atoms with Crippen molar-refractivity contribution in [3.63, 3.8) is 0 Å². The van der Waals surface area contributed by atoms with E-state index in [1.807, 2.05) is 16.9 Å². The predicted octanol–water partition coefficient (Wildman–Crippen LogP) is 2.81. The van der Waals surface area contributed by atoms with Crippen LogP contribution in [0.5, 0.6) is 0 Å².